The molecule has 0 saturated heterocycles. The third-order valence-corrected chi connectivity index (χ3v) is 4.23. The molecule has 0 radical (unpaired) electrons. The van der Waals surface area contributed by atoms with Crippen LogP contribution >= 0.6 is 0 Å². The number of carbonyl (C=O) groups is 2. The molecule has 0 aliphatic heterocycles. The third-order valence-electron chi connectivity index (χ3n) is 4.23. The molecule has 2 aromatic carbocycles. The first-order chi connectivity index (χ1) is 13.4. The van der Waals surface area contributed by atoms with Crippen LogP contribution < -0.4 is 24.3 Å². The lowest BCUT2D eigenvalue weighted by Crippen LogP contribution is -2.12. The Morgan fingerprint density at radius 1 is 0.929 bits per heavy atom. The molecule has 7 heteroatoms. The zero-order valence-corrected chi connectivity index (χ0v) is 16.8. The molecule has 1 N–H and O–H groups in total. The summed E-state index contributed by atoms with van der Waals surface area (Å²) in [4.78, 5) is 24.3. The number of Topliss-reactive ketones (excluding diaryl/α,β-unsaturated/α-hetero) is 1. The quantitative estimate of drug-likeness (QED) is 0.663. The largest absolute Gasteiger partial charge is 0.497 e. The zero-order valence-electron chi connectivity index (χ0n) is 16.8. The van der Waals surface area contributed by atoms with E-state index in [4.69, 9.17) is 18.9 Å². The first-order valence-electron chi connectivity index (χ1n) is 8.71. The Hall–Kier alpha value is -3.22. The molecule has 0 aliphatic rings. The van der Waals surface area contributed by atoms with Crippen LogP contribution in [0.3, 0.4) is 0 Å². The Morgan fingerprint density at radius 2 is 1.64 bits per heavy atom. The van der Waals surface area contributed by atoms with Crippen molar-refractivity contribution in [3.05, 3.63) is 41.5 Å². The zero-order chi connectivity index (χ0) is 20.7. The molecule has 0 spiro atoms. The Kier molecular flexibility index (Phi) is 7.26. The lowest BCUT2D eigenvalue weighted by atomic mass is 10.00. The lowest BCUT2D eigenvalue weighted by Gasteiger charge is -2.19. The maximum absolute atomic E-state index is 12.6. The fraction of sp³-hybridized carbons (Fsp3) is 0.333. The van der Waals surface area contributed by atoms with Crippen molar-refractivity contribution >= 4 is 17.4 Å². The fourth-order valence-corrected chi connectivity index (χ4v) is 2.91. The van der Waals surface area contributed by atoms with E-state index < -0.39 is 0 Å². The van der Waals surface area contributed by atoms with E-state index in [1.165, 1.54) is 28.3 Å². The second-order valence-corrected chi connectivity index (χ2v) is 6.02. The average Bonchev–Trinajstić information content (AvgIpc) is 2.71. The molecular formula is C21H25NO6. The second kappa shape index (κ2) is 9.64. The van der Waals surface area contributed by atoms with Crippen LogP contribution in [0.2, 0.25) is 0 Å². The minimum Gasteiger partial charge on any atom is -0.497 e. The lowest BCUT2D eigenvalue weighted by molar-refractivity contribution is -0.114. The van der Waals surface area contributed by atoms with Crippen LogP contribution in [0.15, 0.2) is 30.3 Å². The van der Waals surface area contributed by atoms with Crippen LogP contribution in [0.1, 0.15) is 29.3 Å². The van der Waals surface area contributed by atoms with Gasteiger partial charge in [-0.2, -0.15) is 0 Å². The highest BCUT2D eigenvalue weighted by molar-refractivity contribution is 5.97. The van der Waals surface area contributed by atoms with E-state index in [1.807, 2.05) is 0 Å². The van der Waals surface area contributed by atoms with Gasteiger partial charge in [-0.05, 0) is 30.2 Å². The number of rotatable bonds is 9. The third kappa shape index (κ3) is 4.73. The monoisotopic (exact) mass is 387 g/mol. The molecule has 7 nitrogen and oxygen atoms in total. The van der Waals surface area contributed by atoms with E-state index in [9.17, 15) is 9.59 Å². The Bertz CT molecular complexity index is 862. The minimum atomic E-state index is -0.258. The maximum Gasteiger partial charge on any atom is 0.221 e. The molecule has 2 aromatic rings. The number of aryl methyl sites for hydroxylation is 1. The summed E-state index contributed by atoms with van der Waals surface area (Å²) in [5.74, 6) is 1.50. The van der Waals surface area contributed by atoms with Gasteiger partial charge in [0, 0.05) is 18.9 Å². The highest BCUT2D eigenvalue weighted by atomic mass is 16.5. The van der Waals surface area contributed by atoms with Crippen molar-refractivity contribution in [3.63, 3.8) is 0 Å². The van der Waals surface area contributed by atoms with Crippen molar-refractivity contribution < 1.29 is 28.5 Å². The highest BCUT2D eigenvalue weighted by Gasteiger charge is 2.22. The van der Waals surface area contributed by atoms with Crippen LogP contribution in [0.4, 0.5) is 5.69 Å². The van der Waals surface area contributed by atoms with Gasteiger partial charge < -0.3 is 24.3 Å². The standard InChI is InChI=1S/C21H25NO6/c1-13(23)22-19-15(12-18(26-3)20(27-4)21(19)28-5)9-10-17(24)14-7-6-8-16(11-14)25-2/h6-8,11-12H,9-10H2,1-5H3,(H,22,23). The van der Waals surface area contributed by atoms with Gasteiger partial charge in [-0.15, -0.1) is 0 Å². The van der Waals surface area contributed by atoms with Crippen molar-refractivity contribution in [2.75, 3.05) is 33.8 Å². The number of carbonyl (C=O) groups excluding carboxylic acids is 2. The van der Waals surface area contributed by atoms with Gasteiger partial charge in [0.2, 0.25) is 11.7 Å². The smallest absolute Gasteiger partial charge is 0.221 e. The molecule has 0 fully saturated rings. The van der Waals surface area contributed by atoms with Gasteiger partial charge in [-0.25, -0.2) is 0 Å². The van der Waals surface area contributed by atoms with Crippen LogP contribution in [0, 0.1) is 0 Å². The summed E-state index contributed by atoms with van der Waals surface area (Å²) >= 11 is 0. The molecule has 28 heavy (non-hydrogen) atoms. The summed E-state index contributed by atoms with van der Waals surface area (Å²) in [7, 11) is 6.04. The molecule has 0 atom stereocenters. The van der Waals surface area contributed by atoms with Crippen molar-refractivity contribution in [2.24, 2.45) is 0 Å². The van der Waals surface area contributed by atoms with Crippen molar-refractivity contribution in [2.45, 2.75) is 19.8 Å². The van der Waals surface area contributed by atoms with Crippen molar-refractivity contribution in [1.82, 2.24) is 0 Å². The van der Waals surface area contributed by atoms with Crippen LogP contribution in [0.5, 0.6) is 23.0 Å². The van der Waals surface area contributed by atoms with Gasteiger partial charge in [0.25, 0.3) is 0 Å². The molecular weight excluding hydrogens is 362 g/mol. The number of amides is 1. The average molecular weight is 387 g/mol. The molecule has 0 heterocycles. The summed E-state index contributed by atoms with van der Waals surface area (Å²) in [5, 5.41) is 2.77. The van der Waals surface area contributed by atoms with E-state index in [2.05, 4.69) is 5.32 Å². The van der Waals surface area contributed by atoms with Gasteiger partial charge in [0.1, 0.15) is 5.75 Å². The highest BCUT2D eigenvalue weighted by Crippen LogP contribution is 2.45. The Balaban J connectivity index is 2.37. The predicted molar refractivity (Wildman–Crippen MR) is 106 cm³/mol. The van der Waals surface area contributed by atoms with E-state index >= 15 is 0 Å². The number of nitrogens with one attached hydrogen (secondary N) is 1. The van der Waals surface area contributed by atoms with E-state index in [0.717, 1.165) is 0 Å². The molecule has 0 aliphatic carbocycles. The molecule has 0 aromatic heterocycles. The topological polar surface area (TPSA) is 83.1 Å². The number of benzene rings is 2. The number of anilines is 1. The van der Waals surface area contributed by atoms with Gasteiger partial charge in [-0.3, -0.25) is 9.59 Å². The number of hydrogen-bond acceptors (Lipinski definition) is 6. The van der Waals surface area contributed by atoms with E-state index in [0.29, 0.717) is 46.2 Å². The first kappa shape index (κ1) is 21.1. The molecule has 2 rings (SSSR count). The summed E-state index contributed by atoms with van der Waals surface area (Å²) in [6, 6.07) is 8.74. The number of methoxy groups -OCH3 is 4. The second-order valence-electron chi connectivity index (χ2n) is 6.02. The predicted octanol–water partition coefficient (Wildman–Crippen LogP) is 3.49. The molecule has 150 valence electrons. The molecule has 0 unspecified atom stereocenters. The summed E-state index contributed by atoms with van der Waals surface area (Å²) in [5.41, 5.74) is 1.74. The van der Waals surface area contributed by atoms with Crippen LogP contribution in [-0.2, 0) is 11.2 Å². The van der Waals surface area contributed by atoms with Gasteiger partial charge in [0.15, 0.2) is 17.3 Å². The number of hydrogen-bond donors (Lipinski definition) is 1. The maximum atomic E-state index is 12.6. The van der Waals surface area contributed by atoms with E-state index in [-0.39, 0.29) is 18.1 Å². The minimum absolute atomic E-state index is 0.0403. The summed E-state index contributed by atoms with van der Waals surface area (Å²) in [6.07, 6.45) is 0.612. The SMILES string of the molecule is COc1cccc(C(=O)CCc2cc(OC)c(OC)c(OC)c2NC(C)=O)c1. The van der Waals surface area contributed by atoms with Crippen molar-refractivity contribution in [1.29, 1.82) is 0 Å². The van der Waals surface area contributed by atoms with Crippen LogP contribution in [-0.4, -0.2) is 40.1 Å². The van der Waals surface area contributed by atoms with Gasteiger partial charge in [0.05, 0.1) is 34.1 Å². The molecule has 1 amide bonds. The van der Waals surface area contributed by atoms with Gasteiger partial charge in [-0.1, -0.05) is 12.1 Å². The fourth-order valence-electron chi connectivity index (χ4n) is 2.91. The number of ether oxygens (including phenoxy) is 4. The van der Waals surface area contributed by atoms with Crippen molar-refractivity contribution in [3.8, 4) is 23.0 Å². The number of ketones is 1. The summed E-state index contributed by atoms with van der Waals surface area (Å²) < 4.78 is 21.4. The first-order valence-corrected chi connectivity index (χ1v) is 8.71. The molecule has 0 bridgehead atoms. The summed E-state index contributed by atoms with van der Waals surface area (Å²) in [6.45, 7) is 1.40. The van der Waals surface area contributed by atoms with Crippen LogP contribution in [0.25, 0.3) is 0 Å². The Morgan fingerprint density at radius 3 is 2.21 bits per heavy atom. The molecule has 0 saturated carbocycles. The Labute approximate surface area is 164 Å². The van der Waals surface area contributed by atoms with Gasteiger partial charge >= 0.3 is 0 Å². The normalized spacial score (nSPS) is 10.2. The van der Waals surface area contributed by atoms with E-state index in [1.54, 1.807) is 37.4 Å².